The predicted molar refractivity (Wildman–Crippen MR) is 102 cm³/mol. The van der Waals surface area contributed by atoms with Gasteiger partial charge in [0.15, 0.2) is 0 Å². The van der Waals surface area contributed by atoms with Gasteiger partial charge < -0.3 is 14.9 Å². The van der Waals surface area contributed by atoms with Crippen LogP contribution in [0.3, 0.4) is 0 Å². The zero-order valence-electron chi connectivity index (χ0n) is 14.5. The van der Waals surface area contributed by atoms with E-state index in [0.29, 0.717) is 39.7 Å². The van der Waals surface area contributed by atoms with Crippen LogP contribution in [0.4, 0.5) is 5.69 Å². The third-order valence-corrected chi connectivity index (χ3v) is 4.39. The lowest BCUT2D eigenvalue weighted by atomic mass is 10.1. The number of halogens is 1. The molecule has 6 nitrogen and oxygen atoms in total. The third-order valence-electron chi connectivity index (χ3n) is 4.06. The summed E-state index contributed by atoms with van der Waals surface area (Å²) in [7, 11) is 0. The van der Waals surface area contributed by atoms with Crippen LogP contribution in [-0.4, -0.2) is 22.1 Å². The topological polar surface area (TPSA) is 92.4 Å². The fourth-order valence-electron chi connectivity index (χ4n) is 2.68. The molecule has 2 aromatic carbocycles. The minimum absolute atomic E-state index is 0.0623. The highest BCUT2D eigenvalue weighted by atomic mass is 35.5. The van der Waals surface area contributed by atoms with Crippen molar-refractivity contribution in [3.8, 4) is 11.3 Å². The number of carboxylic acid groups (broad SMARTS) is 1. The van der Waals surface area contributed by atoms with Gasteiger partial charge in [-0.1, -0.05) is 47.1 Å². The van der Waals surface area contributed by atoms with Gasteiger partial charge in [-0.25, -0.2) is 0 Å². The molecule has 0 aliphatic rings. The second-order valence-corrected chi connectivity index (χ2v) is 6.39. The smallest absolute Gasteiger partial charge is 0.303 e. The number of aryl methyl sites for hydroxylation is 2. The van der Waals surface area contributed by atoms with Crippen molar-refractivity contribution in [2.75, 3.05) is 5.32 Å². The van der Waals surface area contributed by atoms with Gasteiger partial charge in [0.25, 0.3) is 5.91 Å². The van der Waals surface area contributed by atoms with Crippen LogP contribution in [0.15, 0.2) is 53.1 Å². The van der Waals surface area contributed by atoms with Crippen LogP contribution in [0.25, 0.3) is 11.3 Å². The Bertz CT molecular complexity index is 980. The maximum absolute atomic E-state index is 12.8. The van der Waals surface area contributed by atoms with Crippen molar-refractivity contribution in [2.45, 2.75) is 19.8 Å². The van der Waals surface area contributed by atoms with E-state index in [4.69, 9.17) is 21.2 Å². The predicted octanol–water partition coefficient (Wildman–Crippen LogP) is 4.57. The van der Waals surface area contributed by atoms with Crippen molar-refractivity contribution in [1.29, 1.82) is 0 Å². The molecule has 0 spiro atoms. The lowest BCUT2D eigenvalue weighted by Gasteiger charge is -2.07. The number of nitrogens with zero attached hydrogens (tertiary/aromatic N) is 1. The van der Waals surface area contributed by atoms with Crippen LogP contribution in [-0.2, 0) is 11.2 Å². The van der Waals surface area contributed by atoms with Crippen molar-refractivity contribution in [3.05, 3.63) is 70.4 Å². The Kier molecular flexibility index (Phi) is 5.57. The summed E-state index contributed by atoms with van der Waals surface area (Å²) in [5.74, 6) is -0.815. The Hall–Kier alpha value is -3.12. The molecular formula is C20H17ClN2O4. The second-order valence-electron chi connectivity index (χ2n) is 5.99. The summed E-state index contributed by atoms with van der Waals surface area (Å²) in [6.45, 7) is 1.66. The van der Waals surface area contributed by atoms with E-state index < -0.39 is 5.97 Å². The largest absolute Gasteiger partial charge is 0.481 e. The molecule has 0 fully saturated rings. The molecule has 27 heavy (non-hydrogen) atoms. The summed E-state index contributed by atoms with van der Waals surface area (Å²) in [5, 5.41) is 16.0. The SMILES string of the molecule is Cc1onc(-c2ccccc2Cl)c1C(=O)Nc1ccc(CCC(=O)O)cc1. The first kappa shape index (κ1) is 18.7. The average molecular weight is 385 g/mol. The summed E-state index contributed by atoms with van der Waals surface area (Å²) < 4.78 is 5.21. The number of aromatic nitrogens is 1. The fraction of sp³-hybridized carbons (Fsp3) is 0.150. The number of carboxylic acids is 1. The van der Waals surface area contributed by atoms with E-state index in [-0.39, 0.29) is 12.3 Å². The summed E-state index contributed by atoms with van der Waals surface area (Å²) in [6.07, 6.45) is 0.498. The number of aliphatic carboxylic acids is 1. The molecule has 0 radical (unpaired) electrons. The minimum Gasteiger partial charge on any atom is -0.481 e. The number of hydrogen-bond acceptors (Lipinski definition) is 4. The minimum atomic E-state index is -0.845. The Morgan fingerprint density at radius 2 is 1.85 bits per heavy atom. The van der Waals surface area contributed by atoms with Crippen molar-refractivity contribution in [2.24, 2.45) is 0 Å². The zero-order valence-corrected chi connectivity index (χ0v) is 15.3. The van der Waals surface area contributed by atoms with E-state index >= 15 is 0 Å². The van der Waals surface area contributed by atoms with Gasteiger partial charge in [0, 0.05) is 17.7 Å². The Labute approximate surface area is 160 Å². The first-order chi connectivity index (χ1) is 13.0. The van der Waals surface area contributed by atoms with Crippen molar-refractivity contribution >= 4 is 29.2 Å². The quantitative estimate of drug-likeness (QED) is 0.649. The molecule has 1 heterocycles. The Balaban J connectivity index is 1.80. The summed E-state index contributed by atoms with van der Waals surface area (Å²) in [6, 6.07) is 14.1. The first-order valence-electron chi connectivity index (χ1n) is 8.29. The van der Waals surface area contributed by atoms with Gasteiger partial charge in [-0.05, 0) is 37.1 Å². The molecule has 0 saturated heterocycles. The standard InChI is InChI=1S/C20H17ClN2O4/c1-12-18(19(23-27-12)15-4-2-3-5-16(15)21)20(26)22-14-9-6-13(7-10-14)8-11-17(24)25/h2-7,9-10H,8,11H2,1H3,(H,22,26)(H,24,25). The Morgan fingerprint density at radius 3 is 2.52 bits per heavy atom. The van der Waals surface area contributed by atoms with Gasteiger partial charge in [-0.3, -0.25) is 9.59 Å². The molecular weight excluding hydrogens is 368 g/mol. The molecule has 1 amide bonds. The molecule has 0 bridgehead atoms. The number of hydrogen-bond donors (Lipinski definition) is 2. The number of nitrogens with one attached hydrogen (secondary N) is 1. The molecule has 0 unspecified atom stereocenters. The second kappa shape index (κ2) is 8.05. The van der Waals surface area contributed by atoms with E-state index in [9.17, 15) is 9.59 Å². The monoisotopic (exact) mass is 384 g/mol. The highest BCUT2D eigenvalue weighted by Gasteiger charge is 2.23. The Morgan fingerprint density at radius 1 is 1.15 bits per heavy atom. The van der Waals surface area contributed by atoms with Gasteiger partial charge in [0.05, 0.1) is 5.02 Å². The highest BCUT2D eigenvalue weighted by Crippen LogP contribution is 2.31. The lowest BCUT2D eigenvalue weighted by molar-refractivity contribution is -0.136. The summed E-state index contributed by atoms with van der Waals surface area (Å²) >= 11 is 6.22. The molecule has 138 valence electrons. The van der Waals surface area contributed by atoms with Crippen LogP contribution in [0, 0.1) is 6.92 Å². The molecule has 0 aliphatic heterocycles. The maximum Gasteiger partial charge on any atom is 0.303 e. The molecule has 2 N–H and O–H groups in total. The molecule has 0 aliphatic carbocycles. The number of carbonyl (C=O) groups is 2. The van der Waals surface area contributed by atoms with Crippen LogP contribution >= 0.6 is 11.6 Å². The van der Waals surface area contributed by atoms with Gasteiger partial charge in [0.2, 0.25) is 0 Å². The van der Waals surface area contributed by atoms with Gasteiger partial charge >= 0.3 is 5.97 Å². The molecule has 1 aromatic heterocycles. The number of carbonyl (C=O) groups excluding carboxylic acids is 1. The summed E-state index contributed by atoms with van der Waals surface area (Å²) in [4.78, 5) is 23.4. The van der Waals surface area contributed by atoms with E-state index in [0.717, 1.165) is 5.56 Å². The van der Waals surface area contributed by atoms with Crippen LogP contribution in [0.5, 0.6) is 0 Å². The first-order valence-corrected chi connectivity index (χ1v) is 8.66. The molecule has 0 saturated carbocycles. The van der Waals surface area contributed by atoms with Crippen LogP contribution in [0.2, 0.25) is 5.02 Å². The van der Waals surface area contributed by atoms with Crippen LogP contribution in [0.1, 0.15) is 28.1 Å². The fourth-order valence-corrected chi connectivity index (χ4v) is 2.90. The molecule has 0 atom stereocenters. The number of amides is 1. The zero-order chi connectivity index (χ0) is 19.4. The highest BCUT2D eigenvalue weighted by molar-refractivity contribution is 6.33. The van der Waals surface area contributed by atoms with E-state index in [1.54, 1.807) is 49.4 Å². The molecule has 3 aromatic rings. The average Bonchev–Trinajstić information content (AvgIpc) is 3.03. The molecule has 7 heteroatoms. The van der Waals surface area contributed by atoms with Crippen molar-refractivity contribution in [1.82, 2.24) is 5.16 Å². The lowest BCUT2D eigenvalue weighted by Crippen LogP contribution is -2.13. The van der Waals surface area contributed by atoms with E-state index in [1.165, 1.54) is 0 Å². The van der Waals surface area contributed by atoms with Crippen molar-refractivity contribution in [3.63, 3.8) is 0 Å². The summed E-state index contributed by atoms with van der Waals surface area (Å²) in [5.41, 5.74) is 2.79. The number of anilines is 1. The maximum atomic E-state index is 12.8. The molecule has 3 rings (SSSR count). The number of rotatable bonds is 6. The van der Waals surface area contributed by atoms with Gasteiger partial charge in [0.1, 0.15) is 17.0 Å². The normalized spacial score (nSPS) is 10.6. The van der Waals surface area contributed by atoms with Crippen molar-refractivity contribution < 1.29 is 19.2 Å². The van der Waals surface area contributed by atoms with E-state index in [1.807, 2.05) is 6.07 Å². The van der Waals surface area contributed by atoms with Crippen LogP contribution < -0.4 is 5.32 Å². The number of benzene rings is 2. The third kappa shape index (κ3) is 4.35. The van der Waals surface area contributed by atoms with Gasteiger partial charge in [-0.2, -0.15) is 0 Å². The van der Waals surface area contributed by atoms with Gasteiger partial charge in [-0.15, -0.1) is 0 Å². The van der Waals surface area contributed by atoms with E-state index in [2.05, 4.69) is 10.5 Å².